The van der Waals surface area contributed by atoms with E-state index >= 15 is 0 Å². The Kier molecular flexibility index (Phi) is 3.20. The van der Waals surface area contributed by atoms with E-state index in [2.05, 4.69) is 5.32 Å². The van der Waals surface area contributed by atoms with Crippen LogP contribution in [0.3, 0.4) is 0 Å². The van der Waals surface area contributed by atoms with Crippen molar-refractivity contribution in [1.29, 1.82) is 0 Å². The largest absolute Gasteiger partial charge is 0.302 e. The molecule has 0 bridgehead atoms. The maximum absolute atomic E-state index is 14.9. The number of piperidine rings is 1. The first-order chi connectivity index (χ1) is 10.3. The topological polar surface area (TPSA) is 58.2 Å². The average molecular weight is 320 g/mol. The van der Waals surface area contributed by atoms with Crippen LogP contribution in [0.15, 0.2) is 0 Å². The summed E-state index contributed by atoms with van der Waals surface area (Å²) >= 11 is 0. The molecule has 1 aromatic rings. The monoisotopic (exact) mass is 320 g/mol. The highest BCUT2D eigenvalue weighted by Crippen LogP contribution is 2.43. The number of carbonyl (C=O) groups excluding carboxylic acids is 2. The Morgan fingerprint density at radius 3 is 2.27 bits per heavy atom. The van der Waals surface area contributed by atoms with Crippen molar-refractivity contribution in [3.8, 4) is 0 Å². The lowest BCUT2D eigenvalue weighted by molar-refractivity contribution is -0.145. The molecule has 2 amide bonds. The van der Waals surface area contributed by atoms with E-state index in [1.54, 1.807) is 5.32 Å². The first-order valence-corrected chi connectivity index (χ1v) is 6.38. The number of hydrogen-bond acceptors (Lipinski definition) is 3. The summed E-state index contributed by atoms with van der Waals surface area (Å²) in [6.07, 6.45) is -0.918. The van der Waals surface area contributed by atoms with E-state index in [0.29, 0.717) is 0 Å². The predicted molar refractivity (Wildman–Crippen MR) is 62.1 cm³/mol. The average Bonchev–Trinajstić information content (AvgIpc) is 2.93. The van der Waals surface area contributed by atoms with E-state index in [9.17, 15) is 31.5 Å². The summed E-state index contributed by atoms with van der Waals surface area (Å²) in [6, 6.07) is -1.71. The molecule has 3 rings (SSSR count). The molecular weight excluding hydrogens is 311 g/mol. The van der Waals surface area contributed by atoms with Crippen LogP contribution in [0.1, 0.15) is 30.0 Å². The molecule has 2 N–H and O–H groups in total. The minimum absolute atomic E-state index is 0.344. The Morgan fingerprint density at radius 1 is 1.00 bits per heavy atom. The molecule has 118 valence electrons. The number of halogens is 5. The standard InChI is InChI=1S/C13H9F5N2O2/c14-7-4-3-19-11(6(4)8(15)10(17)9(7)16)13(18)2-1-5(21)20-12(13)22/h11,19H,1-3H2,(H,20,21,22). The highest BCUT2D eigenvalue weighted by atomic mass is 19.2. The molecule has 0 radical (unpaired) electrons. The molecule has 0 aliphatic carbocycles. The number of alkyl halides is 1. The quantitative estimate of drug-likeness (QED) is 0.357. The molecular formula is C13H9F5N2O2. The summed E-state index contributed by atoms with van der Waals surface area (Å²) < 4.78 is 69.1. The minimum Gasteiger partial charge on any atom is -0.302 e. The molecule has 4 nitrogen and oxygen atoms in total. The van der Waals surface area contributed by atoms with Crippen LogP contribution in [-0.4, -0.2) is 17.5 Å². The molecule has 0 spiro atoms. The molecule has 2 heterocycles. The summed E-state index contributed by atoms with van der Waals surface area (Å²) in [5.41, 5.74) is -4.09. The van der Waals surface area contributed by atoms with Crippen molar-refractivity contribution in [2.24, 2.45) is 0 Å². The second kappa shape index (κ2) is 4.73. The minimum atomic E-state index is -2.77. The van der Waals surface area contributed by atoms with Gasteiger partial charge < -0.3 is 5.32 Å². The fourth-order valence-corrected chi connectivity index (χ4v) is 2.84. The van der Waals surface area contributed by atoms with E-state index in [-0.39, 0.29) is 6.42 Å². The van der Waals surface area contributed by atoms with Crippen molar-refractivity contribution >= 4 is 11.8 Å². The summed E-state index contributed by atoms with van der Waals surface area (Å²) in [5.74, 6) is -9.45. The predicted octanol–water partition coefficient (Wildman–Crippen LogP) is 1.53. The van der Waals surface area contributed by atoms with Gasteiger partial charge in [0.25, 0.3) is 5.91 Å². The molecule has 2 atom stereocenters. The zero-order chi connectivity index (χ0) is 16.2. The van der Waals surface area contributed by atoms with E-state index < -0.39 is 70.9 Å². The second-order valence-electron chi connectivity index (χ2n) is 5.20. The van der Waals surface area contributed by atoms with Gasteiger partial charge in [-0.05, 0) is 0 Å². The number of hydrogen-bond donors (Lipinski definition) is 2. The maximum Gasteiger partial charge on any atom is 0.266 e. The summed E-state index contributed by atoms with van der Waals surface area (Å²) in [5, 5.41) is 4.11. The van der Waals surface area contributed by atoms with Crippen LogP contribution in [-0.2, 0) is 16.1 Å². The van der Waals surface area contributed by atoms with E-state index in [4.69, 9.17) is 0 Å². The van der Waals surface area contributed by atoms with Gasteiger partial charge in [0, 0.05) is 30.5 Å². The van der Waals surface area contributed by atoms with E-state index in [1.807, 2.05) is 0 Å². The third-order valence-corrected chi connectivity index (χ3v) is 3.98. The van der Waals surface area contributed by atoms with Crippen molar-refractivity contribution in [2.75, 3.05) is 0 Å². The van der Waals surface area contributed by atoms with Gasteiger partial charge in [0.15, 0.2) is 23.3 Å². The van der Waals surface area contributed by atoms with Crippen molar-refractivity contribution < 1.29 is 31.5 Å². The molecule has 2 aliphatic heterocycles. The van der Waals surface area contributed by atoms with Gasteiger partial charge in [-0.1, -0.05) is 0 Å². The number of amides is 2. The van der Waals surface area contributed by atoms with Gasteiger partial charge in [0.1, 0.15) is 0 Å². The normalized spacial score (nSPS) is 27.8. The zero-order valence-corrected chi connectivity index (χ0v) is 10.9. The molecule has 1 saturated heterocycles. The van der Waals surface area contributed by atoms with Gasteiger partial charge >= 0.3 is 0 Å². The van der Waals surface area contributed by atoms with Crippen LogP contribution in [0.2, 0.25) is 0 Å². The summed E-state index contributed by atoms with van der Waals surface area (Å²) in [6.45, 7) is -0.465. The first-order valence-electron chi connectivity index (χ1n) is 6.38. The molecule has 22 heavy (non-hydrogen) atoms. The molecule has 2 unspecified atom stereocenters. The van der Waals surface area contributed by atoms with Crippen molar-refractivity contribution in [2.45, 2.75) is 31.1 Å². The lowest BCUT2D eigenvalue weighted by Crippen LogP contribution is -2.56. The Balaban J connectivity index is 2.12. The van der Waals surface area contributed by atoms with Gasteiger partial charge in [-0.3, -0.25) is 14.9 Å². The van der Waals surface area contributed by atoms with Gasteiger partial charge in [-0.15, -0.1) is 0 Å². The molecule has 0 saturated carbocycles. The van der Waals surface area contributed by atoms with E-state index in [1.165, 1.54) is 0 Å². The van der Waals surface area contributed by atoms with Crippen LogP contribution in [0.5, 0.6) is 0 Å². The third kappa shape index (κ3) is 1.84. The lowest BCUT2D eigenvalue weighted by Gasteiger charge is -2.33. The number of carbonyl (C=O) groups is 2. The maximum atomic E-state index is 14.9. The number of fused-ring (bicyclic) bond motifs is 1. The number of imide groups is 1. The van der Waals surface area contributed by atoms with Crippen molar-refractivity contribution in [3.63, 3.8) is 0 Å². The second-order valence-corrected chi connectivity index (χ2v) is 5.20. The van der Waals surface area contributed by atoms with Crippen LogP contribution in [0.25, 0.3) is 0 Å². The number of benzene rings is 1. The van der Waals surface area contributed by atoms with Crippen LogP contribution in [0.4, 0.5) is 22.0 Å². The SMILES string of the molecule is O=C1CCC(F)(C2NCc3c(F)c(F)c(F)c(F)c32)C(=O)N1. The lowest BCUT2D eigenvalue weighted by atomic mass is 9.83. The van der Waals surface area contributed by atoms with Gasteiger partial charge in [-0.25, -0.2) is 22.0 Å². The van der Waals surface area contributed by atoms with E-state index in [0.717, 1.165) is 0 Å². The van der Waals surface area contributed by atoms with Gasteiger partial charge in [-0.2, -0.15) is 0 Å². The molecule has 0 aromatic heterocycles. The smallest absolute Gasteiger partial charge is 0.266 e. The number of rotatable bonds is 1. The Morgan fingerprint density at radius 2 is 1.64 bits per heavy atom. The summed E-state index contributed by atoms with van der Waals surface area (Å²) in [7, 11) is 0. The number of nitrogens with one attached hydrogen (secondary N) is 2. The van der Waals surface area contributed by atoms with Crippen LogP contribution >= 0.6 is 0 Å². The molecule has 1 fully saturated rings. The van der Waals surface area contributed by atoms with Crippen LogP contribution in [0, 0.1) is 23.3 Å². The molecule has 1 aromatic carbocycles. The Bertz CT molecular complexity index is 708. The van der Waals surface area contributed by atoms with Crippen molar-refractivity contribution in [1.82, 2.24) is 10.6 Å². The third-order valence-electron chi connectivity index (χ3n) is 3.98. The Hall–Kier alpha value is -2.03. The van der Waals surface area contributed by atoms with Crippen LogP contribution < -0.4 is 10.6 Å². The fraction of sp³-hybridized carbons (Fsp3) is 0.385. The zero-order valence-electron chi connectivity index (χ0n) is 10.9. The Labute approximate surface area is 120 Å². The molecule has 2 aliphatic rings. The first kappa shape index (κ1) is 14.9. The van der Waals surface area contributed by atoms with Gasteiger partial charge in [0.05, 0.1) is 6.04 Å². The summed E-state index contributed by atoms with van der Waals surface area (Å²) in [4.78, 5) is 22.8. The van der Waals surface area contributed by atoms with Crippen molar-refractivity contribution in [3.05, 3.63) is 34.4 Å². The fourth-order valence-electron chi connectivity index (χ4n) is 2.84. The molecule has 9 heteroatoms. The van der Waals surface area contributed by atoms with Gasteiger partial charge in [0.2, 0.25) is 11.6 Å². The highest BCUT2D eigenvalue weighted by molar-refractivity contribution is 6.02. The highest BCUT2D eigenvalue weighted by Gasteiger charge is 2.54.